The summed E-state index contributed by atoms with van der Waals surface area (Å²) in [5.41, 5.74) is 4.43. The first-order valence-electron chi connectivity index (χ1n) is 6.13. The molecule has 1 aliphatic rings. The molecule has 0 aromatic carbocycles. The molecular weight excluding hydrogens is 198 g/mol. The monoisotopic (exact) mass is 222 g/mol. The fraction of sp³-hybridized carbons (Fsp3) is 0.600. The first-order valence-corrected chi connectivity index (χ1v) is 6.13. The second-order valence-electron chi connectivity index (χ2n) is 5.40. The standard InChI is InChI=1S/C15H24O/c1-12(9-11-16)7-8-14-13(2)6-5-10-15(14,3)4/h7-9,16H,5-6,10-11H2,1-4H3/b8-7+,12-9+/i9+1,11+1. The van der Waals surface area contributed by atoms with Crippen molar-refractivity contribution >= 4 is 0 Å². The van der Waals surface area contributed by atoms with Crippen LogP contribution in [0.25, 0.3) is 0 Å². The maximum absolute atomic E-state index is 8.81. The minimum atomic E-state index is 0.123. The third kappa shape index (κ3) is 3.34. The van der Waals surface area contributed by atoms with E-state index in [4.69, 9.17) is 5.11 Å². The van der Waals surface area contributed by atoms with Crippen LogP contribution in [0.4, 0.5) is 0 Å². The van der Waals surface area contributed by atoms with Gasteiger partial charge in [-0.3, -0.25) is 0 Å². The Kier molecular flexibility index (Phi) is 4.55. The summed E-state index contributed by atoms with van der Waals surface area (Å²) in [6, 6.07) is 0. The lowest BCUT2D eigenvalue weighted by Gasteiger charge is -2.32. The Balaban J connectivity index is 2.89. The molecule has 0 saturated heterocycles. The van der Waals surface area contributed by atoms with E-state index in [9.17, 15) is 0 Å². The van der Waals surface area contributed by atoms with E-state index in [0.29, 0.717) is 5.41 Å². The molecule has 1 nitrogen and oxygen atoms in total. The van der Waals surface area contributed by atoms with Crippen molar-refractivity contribution in [3.63, 3.8) is 0 Å². The van der Waals surface area contributed by atoms with Crippen molar-refractivity contribution in [2.24, 2.45) is 5.41 Å². The topological polar surface area (TPSA) is 20.2 Å². The molecule has 0 heterocycles. The number of rotatable bonds is 3. The van der Waals surface area contributed by atoms with E-state index in [0.717, 1.165) is 5.57 Å². The van der Waals surface area contributed by atoms with Gasteiger partial charge >= 0.3 is 0 Å². The molecule has 1 aliphatic carbocycles. The van der Waals surface area contributed by atoms with Gasteiger partial charge in [-0.05, 0) is 44.1 Å². The molecule has 90 valence electrons. The van der Waals surface area contributed by atoms with E-state index in [-0.39, 0.29) is 6.61 Å². The highest BCUT2D eigenvalue weighted by Crippen LogP contribution is 2.40. The van der Waals surface area contributed by atoms with Crippen LogP contribution in [0.15, 0.2) is 34.9 Å². The molecule has 0 spiro atoms. The summed E-state index contributed by atoms with van der Waals surface area (Å²) in [5, 5.41) is 8.81. The predicted octanol–water partition coefficient (Wildman–Crippen LogP) is 4.01. The number of aliphatic hydroxyl groups is 1. The van der Waals surface area contributed by atoms with Gasteiger partial charge < -0.3 is 5.11 Å². The summed E-state index contributed by atoms with van der Waals surface area (Å²) in [5.74, 6) is 0. The third-order valence-electron chi connectivity index (χ3n) is 3.47. The van der Waals surface area contributed by atoms with Crippen LogP contribution in [0.3, 0.4) is 0 Å². The van der Waals surface area contributed by atoms with Crippen molar-refractivity contribution in [2.75, 3.05) is 6.61 Å². The molecular formula is C15H24O. The van der Waals surface area contributed by atoms with Crippen LogP contribution in [-0.2, 0) is 0 Å². The SMILES string of the molecule is CC1=C(/C=C/C(C)=[13CH]/[13CH2]O)C(C)(C)CCC1. The average molecular weight is 222 g/mol. The number of allylic oxidation sites excluding steroid dienone is 5. The Morgan fingerprint density at radius 1 is 1.44 bits per heavy atom. The minimum absolute atomic E-state index is 0.123. The van der Waals surface area contributed by atoms with E-state index in [1.54, 1.807) is 0 Å². The normalized spacial score (nSPS) is 21.9. The van der Waals surface area contributed by atoms with Crippen LogP contribution in [0.2, 0.25) is 0 Å². The van der Waals surface area contributed by atoms with Crippen LogP contribution < -0.4 is 0 Å². The molecule has 16 heavy (non-hydrogen) atoms. The van der Waals surface area contributed by atoms with E-state index >= 15 is 0 Å². The summed E-state index contributed by atoms with van der Waals surface area (Å²) in [4.78, 5) is 0. The van der Waals surface area contributed by atoms with Gasteiger partial charge in [-0.1, -0.05) is 43.2 Å². The van der Waals surface area contributed by atoms with Crippen molar-refractivity contribution in [3.05, 3.63) is 34.9 Å². The van der Waals surface area contributed by atoms with E-state index in [1.807, 2.05) is 13.0 Å². The molecule has 1 rings (SSSR count). The van der Waals surface area contributed by atoms with Gasteiger partial charge in [0, 0.05) is 0 Å². The summed E-state index contributed by atoms with van der Waals surface area (Å²) in [6.45, 7) is 9.03. The number of hydrogen-bond donors (Lipinski definition) is 1. The molecule has 0 atom stereocenters. The lowest BCUT2D eigenvalue weighted by atomic mass is 9.72. The van der Waals surface area contributed by atoms with Crippen molar-refractivity contribution < 1.29 is 5.11 Å². The summed E-state index contributed by atoms with van der Waals surface area (Å²) in [6.07, 6.45) is 9.99. The van der Waals surface area contributed by atoms with Crippen LogP contribution in [0.5, 0.6) is 0 Å². The first kappa shape index (κ1) is 13.2. The lowest BCUT2D eigenvalue weighted by Crippen LogP contribution is -2.19. The van der Waals surface area contributed by atoms with Gasteiger partial charge in [0.25, 0.3) is 0 Å². The molecule has 0 radical (unpaired) electrons. The molecule has 0 bridgehead atoms. The van der Waals surface area contributed by atoms with Gasteiger partial charge in [-0.2, -0.15) is 0 Å². The van der Waals surface area contributed by atoms with Crippen LogP contribution >= 0.6 is 0 Å². The van der Waals surface area contributed by atoms with Gasteiger partial charge in [-0.15, -0.1) is 0 Å². The summed E-state index contributed by atoms with van der Waals surface area (Å²) >= 11 is 0. The van der Waals surface area contributed by atoms with Crippen LogP contribution in [0.1, 0.15) is 47.0 Å². The molecule has 0 aromatic heterocycles. The van der Waals surface area contributed by atoms with E-state index in [2.05, 4.69) is 32.9 Å². The van der Waals surface area contributed by atoms with E-state index < -0.39 is 0 Å². The molecule has 0 saturated carbocycles. The van der Waals surface area contributed by atoms with Crippen molar-refractivity contribution in [3.8, 4) is 0 Å². The third-order valence-corrected chi connectivity index (χ3v) is 3.47. The molecule has 0 amide bonds. The maximum Gasteiger partial charge on any atom is 0.0617 e. The van der Waals surface area contributed by atoms with Crippen molar-refractivity contribution in [2.45, 2.75) is 47.0 Å². The van der Waals surface area contributed by atoms with Gasteiger partial charge in [-0.25, -0.2) is 0 Å². The van der Waals surface area contributed by atoms with Gasteiger partial charge in [0.05, 0.1) is 6.61 Å². The molecule has 0 unspecified atom stereocenters. The zero-order valence-electron chi connectivity index (χ0n) is 11.0. The molecule has 0 aromatic rings. The largest absolute Gasteiger partial charge is 0.392 e. The van der Waals surface area contributed by atoms with Crippen LogP contribution in [-0.4, -0.2) is 11.7 Å². The number of hydrogen-bond acceptors (Lipinski definition) is 1. The predicted molar refractivity (Wildman–Crippen MR) is 70.3 cm³/mol. The Hall–Kier alpha value is -0.820. The second kappa shape index (κ2) is 5.49. The zero-order chi connectivity index (χ0) is 12.2. The minimum Gasteiger partial charge on any atom is -0.392 e. The lowest BCUT2D eigenvalue weighted by molar-refractivity contribution is 0.342. The number of aliphatic hydroxyl groups excluding tert-OH is 1. The van der Waals surface area contributed by atoms with Crippen molar-refractivity contribution in [1.82, 2.24) is 0 Å². The molecule has 1 heteroatoms. The first-order chi connectivity index (χ1) is 7.47. The Labute approximate surface area is 99.6 Å². The van der Waals surface area contributed by atoms with Crippen molar-refractivity contribution in [1.29, 1.82) is 0 Å². The van der Waals surface area contributed by atoms with Gasteiger partial charge in [0.2, 0.25) is 0 Å². The Bertz CT molecular complexity index is 329. The highest BCUT2D eigenvalue weighted by molar-refractivity contribution is 5.35. The summed E-state index contributed by atoms with van der Waals surface area (Å²) < 4.78 is 0. The highest BCUT2D eigenvalue weighted by Gasteiger charge is 2.26. The van der Waals surface area contributed by atoms with Gasteiger partial charge in [0.15, 0.2) is 0 Å². The average Bonchev–Trinajstić information content (AvgIpc) is 2.16. The smallest absolute Gasteiger partial charge is 0.0617 e. The highest BCUT2D eigenvalue weighted by atomic mass is 16.3. The molecule has 0 aliphatic heterocycles. The Morgan fingerprint density at radius 3 is 2.69 bits per heavy atom. The summed E-state index contributed by atoms with van der Waals surface area (Å²) in [7, 11) is 0. The fourth-order valence-electron chi connectivity index (χ4n) is 2.44. The molecule has 1 N–H and O–H groups in total. The quantitative estimate of drug-likeness (QED) is 0.565. The van der Waals surface area contributed by atoms with E-state index in [1.165, 1.54) is 30.4 Å². The second-order valence-corrected chi connectivity index (χ2v) is 5.40. The van der Waals surface area contributed by atoms with Gasteiger partial charge in [0.1, 0.15) is 0 Å². The zero-order valence-corrected chi connectivity index (χ0v) is 11.0. The fourth-order valence-corrected chi connectivity index (χ4v) is 2.44. The van der Waals surface area contributed by atoms with Crippen LogP contribution in [0, 0.1) is 5.41 Å². The Morgan fingerprint density at radius 2 is 2.12 bits per heavy atom. The maximum atomic E-state index is 8.81. The molecule has 0 fully saturated rings.